The van der Waals surface area contributed by atoms with E-state index in [2.05, 4.69) is 10.5 Å². The fourth-order valence-corrected chi connectivity index (χ4v) is 1.84. The van der Waals surface area contributed by atoms with Gasteiger partial charge in [0.2, 0.25) is 0 Å². The monoisotopic (exact) mass is 308 g/mol. The molecule has 0 radical (unpaired) electrons. The summed E-state index contributed by atoms with van der Waals surface area (Å²) in [4.78, 5) is 10.7. The second-order valence-corrected chi connectivity index (χ2v) is 4.68. The number of nitrogens with zero attached hydrogens (tertiary/aromatic N) is 1. The van der Waals surface area contributed by atoms with Crippen LogP contribution in [0.2, 0.25) is 10.0 Å². The highest BCUT2D eigenvalue weighted by Gasteiger charge is 2.02. The third-order valence-corrected chi connectivity index (χ3v) is 3.34. The fourth-order valence-electron chi connectivity index (χ4n) is 1.48. The number of aromatic carboxylic acids is 1. The van der Waals surface area contributed by atoms with Crippen LogP contribution in [0.1, 0.15) is 15.9 Å². The summed E-state index contributed by atoms with van der Waals surface area (Å²) in [7, 11) is 0. The van der Waals surface area contributed by atoms with Crippen molar-refractivity contribution in [3.8, 4) is 0 Å². The average Bonchev–Trinajstić information content (AvgIpc) is 2.44. The fraction of sp³-hybridized carbons (Fsp3) is 0. The molecule has 0 heterocycles. The van der Waals surface area contributed by atoms with E-state index >= 15 is 0 Å². The van der Waals surface area contributed by atoms with E-state index < -0.39 is 5.97 Å². The van der Waals surface area contributed by atoms with Gasteiger partial charge in [-0.15, -0.1) is 0 Å². The number of carbonyl (C=O) groups is 1. The van der Waals surface area contributed by atoms with Crippen molar-refractivity contribution in [3.63, 3.8) is 0 Å². The summed E-state index contributed by atoms with van der Waals surface area (Å²) in [6.07, 6.45) is 1.54. The highest BCUT2D eigenvalue weighted by molar-refractivity contribution is 6.43. The number of hydrogen-bond acceptors (Lipinski definition) is 3. The Labute approximate surface area is 125 Å². The quantitative estimate of drug-likeness (QED) is 0.659. The van der Waals surface area contributed by atoms with E-state index in [1.165, 1.54) is 12.1 Å². The van der Waals surface area contributed by atoms with Crippen LogP contribution in [0, 0.1) is 0 Å². The van der Waals surface area contributed by atoms with Crippen molar-refractivity contribution in [1.29, 1.82) is 0 Å². The minimum atomic E-state index is -0.967. The number of hydrogen-bond donors (Lipinski definition) is 2. The van der Waals surface area contributed by atoms with Crippen LogP contribution in [0.5, 0.6) is 0 Å². The molecule has 0 spiro atoms. The van der Waals surface area contributed by atoms with Gasteiger partial charge in [0, 0.05) is 5.56 Å². The molecule has 0 amide bonds. The Balaban J connectivity index is 2.06. The van der Waals surface area contributed by atoms with Crippen LogP contribution in [-0.4, -0.2) is 17.3 Å². The number of nitrogens with one attached hydrogen (secondary N) is 1. The molecule has 0 fully saturated rings. The maximum Gasteiger partial charge on any atom is 0.335 e. The summed E-state index contributed by atoms with van der Waals surface area (Å²) in [5.41, 5.74) is 4.36. The van der Waals surface area contributed by atoms with Crippen LogP contribution in [-0.2, 0) is 0 Å². The van der Waals surface area contributed by atoms with Gasteiger partial charge in [-0.25, -0.2) is 4.79 Å². The lowest BCUT2D eigenvalue weighted by molar-refractivity contribution is 0.0697. The summed E-state index contributed by atoms with van der Waals surface area (Å²) in [5, 5.41) is 13.7. The van der Waals surface area contributed by atoms with Gasteiger partial charge in [0.15, 0.2) is 0 Å². The molecule has 0 aliphatic heterocycles. The number of anilines is 1. The van der Waals surface area contributed by atoms with Gasteiger partial charge in [-0.05, 0) is 30.3 Å². The standard InChI is InChI=1S/C14H10Cl2N2O2/c15-12-3-1-2-10(13(12)16)8-17-18-11-6-4-9(5-7-11)14(19)20/h1-8,18H,(H,19,20). The normalized spacial score (nSPS) is 10.7. The number of hydrazone groups is 1. The SMILES string of the molecule is O=C(O)c1ccc(NN=Cc2cccc(Cl)c2Cl)cc1. The molecule has 0 bridgehead atoms. The van der Waals surface area contributed by atoms with Crippen molar-refractivity contribution in [2.24, 2.45) is 5.10 Å². The first-order valence-electron chi connectivity index (χ1n) is 5.64. The Hall–Kier alpha value is -2.04. The third kappa shape index (κ3) is 3.50. The molecule has 4 nitrogen and oxygen atoms in total. The zero-order chi connectivity index (χ0) is 14.5. The Morgan fingerprint density at radius 1 is 1.15 bits per heavy atom. The van der Waals surface area contributed by atoms with E-state index in [4.69, 9.17) is 28.3 Å². The number of rotatable bonds is 4. The largest absolute Gasteiger partial charge is 0.478 e. The lowest BCUT2D eigenvalue weighted by Crippen LogP contribution is -1.96. The first kappa shape index (κ1) is 14.4. The number of carboxylic acid groups (broad SMARTS) is 1. The Bertz CT molecular complexity index is 655. The van der Waals surface area contributed by atoms with Crippen molar-refractivity contribution >= 4 is 41.1 Å². The van der Waals surface area contributed by atoms with Gasteiger partial charge < -0.3 is 5.11 Å². The molecule has 0 aliphatic rings. The first-order valence-corrected chi connectivity index (χ1v) is 6.40. The molecule has 0 unspecified atom stereocenters. The summed E-state index contributed by atoms with van der Waals surface area (Å²) in [6, 6.07) is 11.5. The summed E-state index contributed by atoms with van der Waals surface area (Å²) < 4.78 is 0. The topological polar surface area (TPSA) is 61.7 Å². The number of carboxylic acids is 1. The molecule has 0 aliphatic carbocycles. The number of halogens is 2. The lowest BCUT2D eigenvalue weighted by atomic mass is 10.2. The van der Waals surface area contributed by atoms with E-state index in [1.54, 1.807) is 36.5 Å². The number of benzene rings is 2. The van der Waals surface area contributed by atoms with Gasteiger partial charge in [-0.2, -0.15) is 5.10 Å². The lowest BCUT2D eigenvalue weighted by Gasteiger charge is -2.02. The maximum atomic E-state index is 10.7. The van der Waals surface area contributed by atoms with Crippen molar-refractivity contribution in [2.45, 2.75) is 0 Å². The zero-order valence-electron chi connectivity index (χ0n) is 10.2. The molecular weight excluding hydrogens is 299 g/mol. The van der Waals surface area contributed by atoms with Gasteiger partial charge in [0.1, 0.15) is 0 Å². The second kappa shape index (κ2) is 6.41. The Kier molecular flexibility index (Phi) is 4.61. The molecule has 0 atom stereocenters. The molecule has 2 N–H and O–H groups in total. The molecule has 0 saturated heterocycles. The van der Waals surface area contributed by atoms with E-state index in [0.29, 0.717) is 21.3 Å². The van der Waals surface area contributed by atoms with Gasteiger partial charge in [0.25, 0.3) is 0 Å². The minimum Gasteiger partial charge on any atom is -0.478 e. The maximum absolute atomic E-state index is 10.7. The van der Waals surface area contributed by atoms with Crippen molar-refractivity contribution < 1.29 is 9.90 Å². The van der Waals surface area contributed by atoms with Crippen LogP contribution in [0.15, 0.2) is 47.6 Å². The Morgan fingerprint density at radius 3 is 2.50 bits per heavy atom. The molecule has 2 rings (SSSR count). The molecular formula is C14H10Cl2N2O2. The summed E-state index contributed by atoms with van der Waals surface area (Å²) in [6.45, 7) is 0. The van der Waals surface area contributed by atoms with Crippen LogP contribution in [0.3, 0.4) is 0 Å². The molecule has 6 heteroatoms. The zero-order valence-corrected chi connectivity index (χ0v) is 11.7. The van der Waals surface area contributed by atoms with Gasteiger partial charge in [0.05, 0.1) is 27.5 Å². The highest BCUT2D eigenvalue weighted by atomic mass is 35.5. The minimum absolute atomic E-state index is 0.220. The third-order valence-electron chi connectivity index (χ3n) is 2.51. The molecule has 20 heavy (non-hydrogen) atoms. The van der Waals surface area contributed by atoms with E-state index in [1.807, 2.05) is 0 Å². The molecule has 0 saturated carbocycles. The van der Waals surface area contributed by atoms with Crippen LogP contribution >= 0.6 is 23.2 Å². The van der Waals surface area contributed by atoms with Crippen molar-refractivity contribution in [3.05, 3.63) is 63.6 Å². The summed E-state index contributed by atoms with van der Waals surface area (Å²) in [5.74, 6) is -0.967. The highest BCUT2D eigenvalue weighted by Crippen LogP contribution is 2.24. The predicted octanol–water partition coefficient (Wildman–Crippen LogP) is 4.14. The van der Waals surface area contributed by atoms with Crippen molar-refractivity contribution in [1.82, 2.24) is 0 Å². The van der Waals surface area contributed by atoms with Crippen LogP contribution in [0.4, 0.5) is 5.69 Å². The summed E-state index contributed by atoms with van der Waals surface area (Å²) >= 11 is 11.9. The second-order valence-electron chi connectivity index (χ2n) is 3.90. The van der Waals surface area contributed by atoms with E-state index in [0.717, 1.165) is 0 Å². The molecule has 2 aromatic carbocycles. The van der Waals surface area contributed by atoms with E-state index in [9.17, 15) is 4.79 Å². The average molecular weight is 309 g/mol. The Morgan fingerprint density at radius 2 is 1.85 bits per heavy atom. The van der Waals surface area contributed by atoms with Gasteiger partial charge in [-0.3, -0.25) is 5.43 Å². The molecule has 0 aromatic heterocycles. The van der Waals surface area contributed by atoms with Crippen LogP contribution < -0.4 is 5.43 Å². The van der Waals surface area contributed by atoms with Crippen molar-refractivity contribution in [2.75, 3.05) is 5.43 Å². The molecule has 102 valence electrons. The van der Waals surface area contributed by atoms with Crippen LogP contribution in [0.25, 0.3) is 0 Å². The van der Waals surface area contributed by atoms with Gasteiger partial charge in [-0.1, -0.05) is 35.3 Å². The first-order chi connectivity index (χ1) is 9.58. The van der Waals surface area contributed by atoms with Gasteiger partial charge >= 0.3 is 5.97 Å². The predicted molar refractivity (Wildman–Crippen MR) is 81.1 cm³/mol. The smallest absolute Gasteiger partial charge is 0.335 e. The van der Waals surface area contributed by atoms with E-state index in [-0.39, 0.29) is 5.56 Å². The molecule has 2 aromatic rings.